The van der Waals surface area contributed by atoms with Crippen molar-refractivity contribution in [2.24, 2.45) is 5.92 Å². The summed E-state index contributed by atoms with van der Waals surface area (Å²) in [4.78, 5) is 27.2. The van der Waals surface area contributed by atoms with E-state index in [0.29, 0.717) is 5.69 Å². The summed E-state index contributed by atoms with van der Waals surface area (Å²) in [7, 11) is 0. The standard InChI is InChI=1S/C15H15N3O3/c19-14(20)13(9-3-4-9)18-15(21)17-11-5-6-12-10(8-11)2-1-7-16-12/h1-2,5-9,13H,3-4H2,(H,19,20)(H2,17,18,21). The summed E-state index contributed by atoms with van der Waals surface area (Å²) in [5.41, 5.74) is 1.44. The molecule has 0 radical (unpaired) electrons. The largest absolute Gasteiger partial charge is 0.480 e. The van der Waals surface area contributed by atoms with Crippen LogP contribution < -0.4 is 10.6 Å². The molecule has 1 aliphatic rings. The molecule has 1 aromatic carbocycles. The maximum absolute atomic E-state index is 11.9. The molecule has 1 aliphatic carbocycles. The molecule has 21 heavy (non-hydrogen) atoms. The SMILES string of the molecule is O=C(Nc1ccc2ncccc2c1)NC(C(=O)O)C1CC1. The zero-order valence-electron chi connectivity index (χ0n) is 11.2. The molecule has 108 valence electrons. The fourth-order valence-corrected chi connectivity index (χ4v) is 2.27. The first-order valence-corrected chi connectivity index (χ1v) is 6.78. The number of amides is 2. The number of carbonyl (C=O) groups is 2. The predicted octanol–water partition coefficient (Wildman–Crippen LogP) is 2.22. The van der Waals surface area contributed by atoms with Crippen molar-refractivity contribution in [2.75, 3.05) is 5.32 Å². The van der Waals surface area contributed by atoms with E-state index in [2.05, 4.69) is 15.6 Å². The van der Waals surface area contributed by atoms with Gasteiger partial charge in [0.05, 0.1) is 5.52 Å². The van der Waals surface area contributed by atoms with Crippen LogP contribution in [0.15, 0.2) is 36.5 Å². The summed E-state index contributed by atoms with van der Waals surface area (Å²) < 4.78 is 0. The lowest BCUT2D eigenvalue weighted by Gasteiger charge is -2.14. The summed E-state index contributed by atoms with van der Waals surface area (Å²) in [6, 6.07) is 7.75. The van der Waals surface area contributed by atoms with Crippen molar-refractivity contribution in [3.63, 3.8) is 0 Å². The highest BCUT2D eigenvalue weighted by Gasteiger charge is 2.37. The lowest BCUT2D eigenvalue weighted by molar-refractivity contribution is -0.139. The van der Waals surface area contributed by atoms with Crippen LogP contribution in [0.2, 0.25) is 0 Å². The number of fused-ring (bicyclic) bond motifs is 1. The van der Waals surface area contributed by atoms with Gasteiger partial charge in [0.2, 0.25) is 0 Å². The highest BCUT2D eigenvalue weighted by Crippen LogP contribution is 2.32. The molecule has 2 aromatic rings. The quantitative estimate of drug-likeness (QED) is 0.803. The Labute approximate surface area is 121 Å². The number of aromatic nitrogens is 1. The second kappa shape index (κ2) is 5.40. The number of hydrogen-bond donors (Lipinski definition) is 3. The van der Waals surface area contributed by atoms with E-state index in [1.165, 1.54) is 0 Å². The third-order valence-corrected chi connectivity index (χ3v) is 3.51. The van der Waals surface area contributed by atoms with Crippen LogP contribution >= 0.6 is 0 Å². The Hall–Kier alpha value is -2.63. The van der Waals surface area contributed by atoms with Crippen molar-refractivity contribution in [3.05, 3.63) is 36.5 Å². The molecule has 0 saturated heterocycles. The van der Waals surface area contributed by atoms with Gasteiger partial charge in [-0.05, 0) is 43.0 Å². The molecule has 1 unspecified atom stereocenters. The first kappa shape index (κ1) is 13.4. The molecular weight excluding hydrogens is 270 g/mol. The number of hydrogen-bond acceptors (Lipinski definition) is 3. The molecule has 1 aromatic heterocycles. The Morgan fingerprint density at radius 3 is 2.81 bits per heavy atom. The summed E-state index contributed by atoms with van der Waals surface area (Å²) in [5.74, 6) is -0.940. The second-order valence-electron chi connectivity index (χ2n) is 5.16. The Morgan fingerprint density at radius 1 is 1.29 bits per heavy atom. The van der Waals surface area contributed by atoms with Gasteiger partial charge >= 0.3 is 12.0 Å². The van der Waals surface area contributed by atoms with Gasteiger partial charge in [-0.2, -0.15) is 0 Å². The van der Waals surface area contributed by atoms with E-state index in [0.717, 1.165) is 23.7 Å². The van der Waals surface area contributed by atoms with Gasteiger partial charge in [-0.15, -0.1) is 0 Å². The van der Waals surface area contributed by atoms with Gasteiger partial charge in [-0.25, -0.2) is 9.59 Å². The van der Waals surface area contributed by atoms with E-state index in [1.54, 1.807) is 24.4 Å². The minimum atomic E-state index is -0.990. The summed E-state index contributed by atoms with van der Waals surface area (Å²) in [6.45, 7) is 0. The summed E-state index contributed by atoms with van der Waals surface area (Å²) in [5, 5.41) is 15.2. The van der Waals surface area contributed by atoms with Crippen LogP contribution in [0.1, 0.15) is 12.8 Å². The fraction of sp³-hybridized carbons (Fsp3) is 0.267. The molecule has 3 rings (SSSR count). The van der Waals surface area contributed by atoms with Crippen molar-refractivity contribution in [2.45, 2.75) is 18.9 Å². The lowest BCUT2D eigenvalue weighted by Crippen LogP contribution is -2.44. The van der Waals surface area contributed by atoms with E-state index in [4.69, 9.17) is 5.11 Å². The third kappa shape index (κ3) is 3.10. The van der Waals surface area contributed by atoms with E-state index < -0.39 is 18.0 Å². The van der Waals surface area contributed by atoms with Gasteiger partial charge in [0.25, 0.3) is 0 Å². The van der Waals surface area contributed by atoms with Gasteiger partial charge in [-0.1, -0.05) is 6.07 Å². The predicted molar refractivity (Wildman–Crippen MR) is 78.0 cm³/mol. The number of carboxylic acids is 1. The molecule has 1 atom stereocenters. The lowest BCUT2D eigenvalue weighted by atomic mass is 10.2. The van der Waals surface area contributed by atoms with Crippen LogP contribution in [-0.2, 0) is 4.79 Å². The zero-order valence-corrected chi connectivity index (χ0v) is 11.2. The average Bonchev–Trinajstić information content (AvgIpc) is 3.29. The number of urea groups is 1. The fourth-order valence-electron chi connectivity index (χ4n) is 2.27. The third-order valence-electron chi connectivity index (χ3n) is 3.51. The zero-order chi connectivity index (χ0) is 14.8. The van der Waals surface area contributed by atoms with Crippen LogP contribution in [0.3, 0.4) is 0 Å². The number of aliphatic carboxylic acids is 1. The Balaban J connectivity index is 1.69. The van der Waals surface area contributed by atoms with Gasteiger partial charge < -0.3 is 15.7 Å². The van der Waals surface area contributed by atoms with E-state index in [1.807, 2.05) is 12.1 Å². The van der Waals surface area contributed by atoms with Gasteiger partial charge in [0, 0.05) is 17.3 Å². The highest BCUT2D eigenvalue weighted by molar-refractivity contribution is 5.94. The molecule has 1 heterocycles. The Bertz CT molecular complexity index is 697. The summed E-state index contributed by atoms with van der Waals surface area (Å²) >= 11 is 0. The molecule has 6 nitrogen and oxygen atoms in total. The molecule has 0 spiro atoms. The van der Waals surface area contributed by atoms with Crippen molar-refractivity contribution >= 4 is 28.6 Å². The van der Waals surface area contributed by atoms with E-state index >= 15 is 0 Å². The minimum Gasteiger partial charge on any atom is -0.480 e. The second-order valence-corrected chi connectivity index (χ2v) is 5.16. The van der Waals surface area contributed by atoms with Crippen LogP contribution in [0.25, 0.3) is 10.9 Å². The molecule has 1 saturated carbocycles. The highest BCUT2D eigenvalue weighted by atomic mass is 16.4. The molecular formula is C15H15N3O3. The smallest absolute Gasteiger partial charge is 0.326 e. The van der Waals surface area contributed by atoms with Gasteiger partial charge in [-0.3, -0.25) is 4.98 Å². The molecule has 3 N–H and O–H groups in total. The van der Waals surface area contributed by atoms with Crippen molar-refractivity contribution in [1.82, 2.24) is 10.3 Å². The van der Waals surface area contributed by atoms with E-state index in [9.17, 15) is 9.59 Å². The van der Waals surface area contributed by atoms with Crippen LogP contribution in [0.5, 0.6) is 0 Å². The van der Waals surface area contributed by atoms with Crippen molar-refractivity contribution in [1.29, 1.82) is 0 Å². The Morgan fingerprint density at radius 2 is 2.10 bits per heavy atom. The maximum atomic E-state index is 11.9. The number of carboxylic acid groups (broad SMARTS) is 1. The minimum absolute atomic E-state index is 0.0500. The first-order chi connectivity index (χ1) is 10.1. The number of anilines is 1. The molecule has 6 heteroatoms. The number of benzene rings is 1. The van der Waals surface area contributed by atoms with Crippen LogP contribution in [0, 0.1) is 5.92 Å². The van der Waals surface area contributed by atoms with Gasteiger partial charge in [0.15, 0.2) is 0 Å². The van der Waals surface area contributed by atoms with Gasteiger partial charge in [0.1, 0.15) is 6.04 Å². The Kier molecular flexibility index (Phi) is 3.43. The summed E-state index contributed by atoms with van der Waals surface area (Å²) in [6.07, 6.45) is 3.40. The number of rotatable bonds is 4. The maximum Gasteiger partial charge on any atom is 0.326 e. The number of pyridine rings is 1. The number of nitrogens with zero attached hydrogens (tertiary/aromatic N) is 1. The molecule has 1 fully saturated rings. The van der Waals surface area contributed by atoms with Crippen LogP contribution in [0.4, 0.5) is 10.5 Å². The molecule has 2 amide bonds. The van der Waals surface area contributed by atoms with Crippen molar-refractivity contribution < 1.29 is 14.7 Å². The van der Waals surface area contributed by atoms with Crippen LogP contribution in [-0.4, -0.2) is 28.1 Å². The monoisotopic (exact) mass is 285 g/mol. The number of carbonyl (C=O) groups excluding carboxylic acids is 1. The number of nitrogens with one attached hydrogen (secondary N) is 2. The normalized spacial score (nSPS) is 15.4. The molecule has 0 bridgehead atoms. The van der Waals surface area contributed by atoms with E-state index in [-0.39, 0.29) is 5.92 Å². The first-order valence-electron chi connectivity index (χ1n) is 6.78. The molecule has 0 aliphatic heterocycles. The van der Waals surface area contributed by atoms with Crippen molar-refractivity contribution in [3.8, 4) is 0 Å². The topological polar surface area (TPSA) is 91.3 Å². The average molecular weight is 285 g/mol.